The van der Waals surface area contributed by atoms with Gasteiger partial charge in [0.15, 0.2) is 11.5 Å². The molecule has 0 aliphatic carbocycles. The van der Waals surface area contributed by atoms with E-state index in [0.717, 1.165) is 5.56 Å². The number of amides is 1. The molecule has 0 fully saturated rings. The van der Waals surface area contributed by atoms with E-state index in [1.54, 1.807) is 44.6 Å². The van der Waals surface area contributed by atoms with E-state index >= 15 is 0 Å². The quantitative estimate of drug-likeness (QED) is 0.585. The van der Waals surface area contributed by atoms with Gasteiger partial charge in [0.2, 0.25) is 5.91 Å². The van der Waals surface area contributed by atoms with E-state index < -0.39 is 0 Å². The number of carbonyl (C=O) groups is 1. The number of hydrogen-bond donors (Lipinski definition) is 2. The maximum absolute atomic E-state index is 13.7. The number of aromatic nitrogens is 1. The molecule has 7 heteroatoms. The van der Waals surface area contributed by atoms with Crippen LogP contribution in [-0.4, -0.2) is 25.1 Å². The fourth-order valence-corrected chi connectivity index (χ4v) is 2.76. The highest BCUT2D eigenvalue weighted by Gasteiger charge is 2.08. The standard InChI is InChI=1S/C22H22FN3O3/c1-28-19-10-7-15(13-20(19)29-2)8-12-22(27)26-21-11-9-16(14-24-21)25-18-6-4-3-5-17(18)23/h3-7,9-11,13-14,25H,8,12H2,1-2H3,(H,24,26,27). The van der Waals surface area contributed by atoms with Gasteiger partial charge >= 0.3 is 0 Å². The zero-order valence-corrected chi connectivity index (χ0v) is 16.2. The van der Waals surface area contributed by atoms with Crippen molar-refractivity contribution in [2.24, 2.45) is 0 Å². The van der Waals surface area contributed by atoms with E-state index in [9.17, 15) is 9.18 Å². The molecular weight excluding hydrogens is 373 g/mol. The van der Waals surface area contributed by atoms with E-state index in [0.29, 0.717) is 41.5 Å². The first-order valence-electron chi connectivity index (χ1n) is 9.07. The van der Waals surface area contributed by atoms with Crippen LogP contribution in [0, 0.1) is 5.82 Å². The molecule has 0 saturated carbocycles. The molecule has 29 heavy (non-hydrogen) atoms. The fraction of sp³-hybridized carbons (Fsp3) is 0.182. The summed E-state index contributed by atoms with van der Waals surface area (Å²) in [5.41, 5.74) is 1.95. The highest BCUT2D eigenvalue weighted by atomic mass is 19.1. The van der Waals surface area contributed by atoms with Crippen molar-refractivity contribution in [1.82, 2.24) is 4.98 Å². The number of halogens is 1. The molecule has 150 valence electrons. The molecule has 0 atom stereocenters. The first-order chi connectivity index (χ1) is 14.1. The molecule has 0 unspecified atom stereocenters. The van der Waals surface area contributed by atoms with E-state index in [1.807, 2.05) is 18.2 Å². The SMILES string of the molecule is COc1ccc(CCC(=O)Nc2ccc(Nc3ccccc3F)cn2)cc1OC. The van der Waals surface area contributed by atoms with Crippen molar-refractivity contribution in [3.05, 3.63) is 72.2 Å². The predicted octanol–water partition coefficient (Wildman–Crippen LogP) is 4.55. The second-order valence-corrected chi connectivity index (χ2v) is 6.27. The number of ether oxygens (including phenoxy) is 2. The molecule has 1 heterocycles. The molecule has 0 aliphatic rings. The van der Waals surface area contributed by atoms with Gasteiger partial charge in [0.25, 0.3) is 0 Å². The molecule has 6 nitrogen and oxygen atoms in total. The number of nitrogens with zero attached hydrogens (tertiary/aromatic N) is 1. The lowest BCUT2D eigenvalue weighted by Crippen LogP contribution is -2.13. The van der Waals surface area contributed by atoms with Crippen LogP contribution >= 0.6 is 0 Å². The lowest BCUT2D eigenvalue weighted by atomic mass is 10.1. The zero-order valence-electron chi connectivity index (χ0n) is 16.2. The van der Waals surface area contributed by atoms with Crippen molar-refractivity contribution in [1.29, 1.82) is 0 Å². The smallest absolute Gasteiger partial charge is 0.225 e. The third kappa shape index (κ3) is 5.44. The molecule has 0 spiro atoms. The second kappa shape index (κ2) is 9.54. The molecule has 1 aromatic heterocycles. The van der Waals surface area contributed by atoms with Gasteiger partial charge in [-0.05, 0) is 48.4 Å². The Morgan fingerprint density at radius 3 is 2.52 bits per heavy atom. The number of methoxy groups -OCH3 is 2. The normalized spacial score (nSPS) is 10.3. The summed E-state index contributed by atoms with van der Waals surface area (Å²) >= 11 is 0. The van der Waals surface area contributed by atoms with Crippen molar-refractivity contribution < 1.29 is 18.7 Å². The Morgan fingerprint density at radius 2 is 1.83 bits per heavy atom. The van der Waals surface area contributed by atoms with E-state index in [1.165, 1.54) is 12.3 Å². The maximum atomic E-state index is 13.7. The van der Waals surface area contributed by atoms with Crippen LogP contribution in [0.15, 0.2) is 60.8 Å². The average molecular weight is 395 g/mol. The lowest BCUT2D eigenvalue weighted by Gasteiger charge is -2.10. The minimum atomic E-state index is -0.347. The van der Waals surface area contributed by atoms with Crippen LogP contribution < -0.4 is 20.1 Å². The third-order valence-electron chi connectivity index (χ3n) is 4.27. The molecule has 0 bridgehead atoms. The molecular formula is C22H22FN3O3. The van der Waals surface area contributed by atoms with Crippen LogP contribution in [0.25, 0.3) is 0 Å². The first-order valence-corrected chi connectivity index (χ1v) is 9.07. The Labute approximate surface area is 168 Å². The second-order valence-electron chi connectivity index (χ2n) is 6.27. The minimum absolute atomic E-state index is 0.151. The predicted molar refractivity (Wildman–Crippen MR) is 110 cm³/mol. The number of pyridine rings is 1. The van der Waals surface area contributed by atoms with Crippen LogP contribution in [0.5, 0.6) is 11.5 Å². The van der Waals surface area contributed by atoms with Crippen molar-refractivity contribution in [3.63, 3.8) is 0 Å². The van der Waals surface area contributed by atoms with Crippen molar-refractivity contribution >= 4 is 23.1 Å². The Bertz CT molecular complexity index is 977. The monoisotopic (exact) mass is 395 g/mol. The molecule has 0 aliphatic heterocycles. The highest BCUT2D eigenvalue weighted by molar-refractivity contribution is 5.90. The summed E-state index contributed by atoms with van der Waals surface area (Å²) in [5.74, 6) is 1.21. The van der Waals surface area contributed by atoms with Crippen LogP contribution in [0.3, 0.4) is 0 Å². The maximum Gasteiger partial charge on any atom is 0.225 e. The summed E-state index contributed by atoms with van der Waals surface area (Å²) in [7, 11) is 3.15. The summed E-state index contributed by atoms with van der Waals surface area (Å²) in [6.45, 7) is 0. The molecule has 0 radical (unpaired) electrons. The van der Waals surface area contributed by atoms with Gasteiger partial charge in [0.1, 0.15) is 11.6 Å². The van der Waals surface area contributed by atoms with Gasteiger partial charge < -0.3 is 20.1 Å². The number of hydrogen-bond acceptors (Lipinski definition) is 5. The summed E-state index contributed by atoms with van der Waals surface area (Å²) in [5, 5.41) is 5.71. The third-order valence-corrected chi connectivity index (χ3v) is 4.27. The molecule has 1 amide bonds. The summed E-state index contributed by atoms with van der Waals surface area (Å²) in [6.07, 6.45) is 2.39. The number of anilines is 3. The number of para-hydroxylation sites is 1. The molecule has 3 rings (SSSR count). The Balaban J connectivity index is 1.54. The van der Waals surface area contributed by atoms with Crippen LogP contribution in [0.2, 0.25) is 0 Å². The van der Waals surface area contributed by atoms with Gasteiger partial charge in [-0.1, -0.05) is 18.2 Å². The van der Waals surface area contributed by atoms with Crippen molar-refractivity contribution in [2.75, 3.05) is 24.9 Å². The molecule has 3 aromatic rings. The van der Waals surface area contributed by atoms with Crippen LogP contribution in [0.4, 0.5) is 21.6 Å². The average Bonchev–Trinajstić information content (AvgIpc) is 2.75. The van der Waals surface area contributed by atoms with E-state index in [4.69, 9.17) is 9.47 Å². The van der Waals surface area contributed by atoms with Crippen molar-refractivity contribution in [3.8, 4) is 11.5 Å². The number of rotatable bonds is 8. The summed E-state index contributed by atoms with van der Waals surface area (Å²) < 4.78 is 24.2. The largest absolute Gasteiger partial charge is 0.493 e. The number of benzene rings is 2. The molecule has 0 saturated heterocycles. The van der Waals surface area contributed by atoms with Gasteiger partial charge in [-0.2, -0.15) is 0 Å². The van der Waals surface area contributed by atoms with Gasteiger partial charge in [-0.15, -0.1) is 0 Å². The lowest BCUT2D eigenvalue weighted by molar-refractivity contribution is -0.116. The van der Waals surface area contributed by atoms with Gasteiger partial charge in [0, 0.05) is 6.42 Å². The highest BCUT2D eigenvalue weighted by Crippen LogP contribution is 2.28. The number of carbonyl (C=O) groups excluding carboxylic acids is 1. The zero-order chi connectivity index (χ0) is 20.6. The van der Waals surface area contributed by atoms with E-state index in [2.05, 4.69) is 15.6 Å². The Hall–Kier alpha value is -3.61. The Morgan fingerprint density at radius 1 is 1.03 bits per heavy atom. The van der Waals surface area contributed by atoms with Gasteiger partial charge in [-0.3, -0.25) is 4.79 Å². The molecule has 2 N–H and O–H groups in total. The topological polar surface area (TPSA) is 72.5 Å². The van der Waals surface area contributed by atoms with Crippen molar-refractivity contribution in [2.45, 2.75) is 12.8 Å². The summed E-state index contributed by atoms with van der Waals surface area (Å²) in [4.78, 5) is 16.4. The van der Waals surface area contributed by atoms with E-state index in [-0.39, 0.29) is 11.7 Å². The minimum Gasteiger partial charge on any atom is -0.493 e. The Kier molecular flexibility index (Phi) is 6.63. The number of aryl methyl sites for hydroxylation is 1. The number of nitrogens with one attached hydrogen (secondary N) is 2. The van der Waals surface area contributed by atoms with Crippen LogP contribution in [-0.2, 0) is 11.2 Å². The van der Waals surface area contributed by atoms with Gasteiger partial charge in [0.05, 0.1) is 31.8 Å². The van der Waals surface area contributed by atoms with Crippen LogP contribution in [0.1, 0.15) is 12.0 Å². The fourth-order valence-electron chi connectivity index (χ4n) is 2.76. The first kappa shape index (κ1) is 20.1. The summed E-state index contributed by atoms with van der Waals surface area (Å²) in [6, 6.07) is 15.3. The molecule has 2 aromatic carbocycles. The van der Waals surface area contributed by atoms with Gasteiger partial charge in [-0.25, -0.2) is 9.37 Å².